The lowest BCUT2D eigenvalue weighted by Gasteiger charge is -2.28. The van der Waals surface area contributed by atoms with E-state index >= 15 is 4.39 Å². The van der Waals surface area contributed by atoms with Crippen LogP contribution in [0, 0.1) is 0 Å². The number of nitrogens with two attached hydrogens (primary N) is 1. The number of imidazole rings is 1. The Morgan fingerprint density at radius 2 is 1.86 bits per heavy atom. The van der Waals surface area contributed by atoms with E-state index in [1.165, 1.54) is 17.8 Å². The quantitative estimate of drug-likeness (QED) is 0.370. The first-order valence-electron chi connectivity index (χ1n) is 11.3. The molecule has 35 heavy (non-hydrogen) atoms. The average Bonchev–Trinajstić information content (AvgIpc) is 3.40. The molecule has 4 aromatic rings. The van der Waals surface area contributed by atoms with Gasteiger partial charge < -0.3 is 25.6 Å². The number of aromatic nitrogens is 4. The van der Waals surface area contributed by atoms with Crippen molar-refractivity contribution in [1.29, 1.82) is 0 Å². The van der Waals surface area contributed by atoms with E-state index in [1.54, 1.807) is 7.05 Å². The summed E-state index contributed by atoms with van der Waals surface area (Å²) in [7, 11) is 1.68. The molecule has 0 aliphatic carbocycles. The zero-order valence-electron chi connectivity index (χ0n) is 19.4. The second-order valence-electron chi connectivity index (χ2n) is 8.66. The number of nitrogens with one attached hydrogen (secondary N) is 1. The monoisotopic (exact) mass is 478 g/mol. The molecule has 0 unspecified atom stereocenters. The van der Waals surface area contributed by atoms with Crippen molar-refractivity contribution in [3.05, 3.63) is 66.5 Å². The van der Waals surface area contributed by atoms with Gasteiger partial charge in [-0.3, -0.25) is 4.57 Å². The normalized spacial score (nSPS) is 24.2. The van der Waals surface area contributed by atoms with Crippen LogP contribution in [0.1, 0.15) is 18.7 Å². The van der Waals surface area contributed by atoms with Crippen LogP contribution < -0.4 is 11.1 Å². The minimum absolute atomic E-state index is 0.0209. The van der Waals surface area contributed by atoms with E-state index in [0.717, 1.165) is 16.7 Å². The van der Waals surface area contributed by atoms with Crippen LogP contribution in [0.5, 0.6) is 0 Å². The molecule has 5 rings (SSSR count). The molecule has 0 amide bonds. The largest absolute Gasteiger partial charge is 0.394 e. The summed E-state index contributed by atoms with van der Waals surface area (Å²) in [5.74, 6) is 0.447. The van der Waals surface area contributed by atoms with Crippen LogP contribution in [-0.4, -0.2) is 56.2 Å². The lowest BCUT2D eigenvalue weighted by atomic mass is 9.98. The molecule has 0 bridgehead atoms. The third-order valence-electron chi connectivity index (χ3n) is 6.28. The van der Waals surface area contributed by atoms with Gasteiger partial charge in [0, 0.05) is 7.05 Å². The van der Waals surface area contributed by atoms with E-state index in [9.17, 15) is 5.11 Å². The number of nitrogen functional groups attached to an aromatic ring is 1. The number of hydrogen-bond acceptors (Lipinski definition) is 8. The van der Waals surface area contributed by atoms with Crippen molar-refractivity contribution in [2.24, 2.45) is 0 Å². The molecule has 0 radical (unpaired) electrons. The first-order valence-corrected chi connectivity index (χ1v) is 11.3. The van der Waals surface area contributed by atoms with E-state index in [0.29, 0.717) is 17.0 Å². The van der Waals surface area contributed by atoms with Crippen molar-refractivity contribution in [3.63, 3.8) is 0 Å². The van der Waals surface area contributed by atoms with Gasteiger partial charge in [-0.15, -0.1) is 0 Å². The summed E-state index contributed by atoms with van der Waals surface area (Å²) in [5.41, 5.74) is 7.67. The fourth-order valence-electron chi connectivity index (χ4n) is 4.51. The topological polar surface area (TPSA) is 120 Å². The Morgan fingerprint density at radius 3 is 2.54 bits per heavy atom. The minimum Gasteiger partial charge on any atom is -0.394 e. The molecule has 10 heteroatoms. The molecule has 9 nitrogen and oxygen atoms in total. The van der Waals surface area contributed by atoms with Crippen LogP contribution in [0.4, 0.5) is 16.2 Å². The number of anilines is 2. The molecule has 2 aromatic carbocycles. The van der Waals surface area contributed by atoms with E-state index in [4.69, 9.17) is 15.2 Å². The summed E-state index contributed by atoms with van der Waals surface area (Å²) in [6, 6.07) is 17.9. The van der Waals surface area contributed by atoms with Gasteiger partial charge in [0.1, 0.15) is 12.2 Å². The Balaban J connectivity index is 1.37. The molecule has 2 aromatic heterocycles. The number of ether oxygens (including phenoxy) is 2. The molecular weight excluding hydrogens is 451 g/mol. The average molecular weight is 479 g/mol. The molecule has 182 valence electrons. The number of nitrogens with zero attached hydrogens (tertiary/aromatic N) is 4. The Bertz CT molecular complexity index is 1310. The summed E-state index contributed by atoms with van der Waals surface area (Å²) >= 11 is 0. The lowest BCUT2D eigenvalue weighted by molar-refractivity contribution is -0.0675. The van der Waals surface area contributed by atoms with Crippen molar-refractivity contribution >= 4 is 22.9 Å². The summed E-state index contributed by atoms with van der Waals surface area (Å²) < 4.78 is 29.6. The van der Waals surface area contributed by atoms with Crippen LogP contribution in [0.25, 0.3) is 22.3 Å². The highest BCUT2D eigenvalue weighted by atomic mass is 19.1. The van der Waals surface area contributed by atoms with Crippen LogP contribution >= 0.6 is 0 Å². The lowest BCUT2D eigenvalue weighted by Crippen LogP contribution is -2.42. The number of rotatable bonds is 7. The number of fused-ring (bicyclic) bond motifs is 1. The number of halogens is 1. The second-order valence-corrected chi connectivity index (χ2v) is 8.66. The molecule has 1 aliphatic rings. The molecule has 1 aliphatic heterocycles. The van der Waals surface area contributed by atoms with Gasteiger partial charge in [-0.05, 0) is 23.6 Å². The number of alkyl halides is 1. The molecule has 1 fully saturated rings. The molecule has 3 heterocycles. The fraction of sp³-hybridized carbons (Fsp3) is 0.320. The van der Waals surface area contributed by atoms with Gasteiger partial charge in [0.05, 0.1) is 19.5 Å². The molecule has 4 N–H and O–H groups in total. The van der Waals surface area contributed by atoms with Crippen molar-refractivity contribution in [1.82, 2.24) is 19.5 Å². The second kappa shape index (κ2) is 9.21. The molecular formula is C25H27FN6O3. The fourth-order valence-corrected chi connectivity index (χ4v) is 4.51. The van der Waals surface area contributed by atoms with Crippen molar-refractivity contribution in [3.8, 4) is 11.1 Å². The highest BCUT2D eigenvalue weighted by Gasteiger charge is 2.56. The number of aliphatic hydroxyl groups excluding tert-OH is 1. The zero-order chi connectivity index (χ0) is 24.6. The predicted molar refractivity (Wildman–Crippen MR) is 130 cm³/mol. The maximum atomic E-state index is 16.2. The SMILES string of the molecule is CNc1nc(N)nc2c1ncn2[C@@H]1O[C@H](CO)[C@@H](OCc2ccc(-c3ccccc3)cc2)[C@@]1(C)F. The predicted octanol–water partition coefficient (Wildman–Crippen LogP) is 3.32. The number of aliphatic hydroxyl groups is 1. The summed E-state index contributed by atoms with van der Waals surface area (Å²) in [5, 5.41) is 12.8. The standard InChI is InChI=1S/C25H27FN6O3/c1-25(26)20(34-13-15-8-10-17(11-9-15)16-6-4-3-5-7-16)18(12-33)35-23(25)32-14-29-19-21(28-2)30-24(27)31-22(19)32/h3-11,14,18,20,23,33H,12-13H2,1-2H3,(H3,27,28,30,31)/t18-,20-,23-,25-/m1/s1. The van der Waals surface area contributed by atoms with Crippen molar-refractivity contribution < 1.29 is 19.0 Å². The van der Waals surface area contributed by atoms with E-state index < -0.39 is 30.7 Å². The first-order chi connectivity index (χ1) is 16.9. The summed E-state index contributed by atoms with van der Waals surface area (Å²) in [4.78, 5) is 12.7. The van der Waals surface area contributed by atoms with Crippen LogP contribution in [0.3, 0.4) is 0 Å². The van der Waals surface area contributed by atoms with E-state index in [2.05, 4.69) is 20.3 Å². The van der Waals surface area contributed by atoms with Gasteiger partial charge in [0.2, 0.25) is 5.95 Å². The number of hydrogen-bond donors (Lipinski definition) is 3. The zero-order valence-corrected chi connectivity index (χ0v) is 19.4. The smallest absolute Gasteiger partial charge is 0.224 e. The molecule has 0 spiro atoms. The number of benzene rings is 2. The summed E-state index contributed by atoms with van der Waals surface area (Å²) in [6.07, 6.45) is -1.60. The maximum Gasteiger partial charge on any atom is 0.224 e. The van der Waals surface area contributed by atoms with E-state index in [-0.39, 0.29) is 12.6 Å². The minimum atomic E-state index is -2.00. The van der Waals surface area contributed by atoms with E-state index in [1.807, 2.05) is 54.6 Å². The van der Waals surface area contributed by atoms with Gasteiger partial charge in [0.25, 0.3) is 0 Å². The van der Waals surface area contributed by atoms with Gasteiger partial charge in [-0.2, -0.15) is 9.97 Å². The van der Waals surface area contributed by atoms with Crippen LogP contribution in [0.2, 0.25) is 0 Å². The Morgan fingerprint density at radius 1 is 1.14 bits per heavy atom. The van der Waals surface area contributed by atoms with Gasteiger partial charge in [0.15, 0.2) is 28.9 Å². The van der Waals surface area contributed by atoms with Crippen LogP contribution in [-0.2, 0) is 16.1 Å². The highest BCUT2D eigenvalue weighted by Crippen LogP contribution is 2.44. The molecule has 4 atom stereocenters. The van der Waals surface area contributed by atoms with Gasteiger partial charge in [-0.1, -0.05) is 54.6 Å². The Labute approximate surface area is 201 Å². The maximum absolute atomic E-state index is 16.2. The van der Waals surface area contributed by atoms with Crippen LogP contribution in [0.15, 0.2) is 60.9 Å². The van der Waals surface area contributed by atoms with Crippen molar-refractivity contribution in [2.75, 3.05) is 24.7 Å². The van der Waals surface area contributed by atoms with Gasteiger partial charge in [-0.25, -0.2) is 9.37 Å². The Hall–Kier alpha value is -3.60. The summed E-state index contributed by atoms with van der Waals surface area (Å²) in [6.45, 7) is 1.15. The highest BCUT2D eigenvalue weighted by molar-refractivity contribution is 5.84. The third-order valence-corrected chi connectivity index (χ3v) is 6.28. The van der Waals surface area contributed by atoms with Crippen molar-refractivity contribution in [2.45, 2.75) is 37.6 Å². The third kappa shape index (κ3) is 4.20. The van der Waals surface area contributed by atoms with Gasteiger partial charge >= 0.3 is 0 Å². The Kier molecular flexibility index (Phi) is 6.10. The molecule has 0 saturated carbocycles. The molecule has 1 saturated heterocycles. The first kappa shape index (κ1) is 23.2.